The van der Waals surface area contributed by atoms with Crippen LogP contribution in [0.15, 0.2) is 60.7 Å². The van der Waals surface area contributed by atoms with Crippen LogP contribution in [0.5, 0.6) is 5.75 Å². The molecule has 0 heterocycles. The van der Waals surface area contributed by atoms with Gasteiger partial charge in [-0.05, 0) is 42.2 Å². The van der Waals surface area contributed by atoms with E-state index in [1.165, 1.54) is 24.0 Å². The number of hydrogen-bond donors (Lipinski definition) is 1. The van der Waals surface area contributed by atoms with Gasteiger partial charge >= 0.3 is 0 Å². The maximum Gasteiger partial charge on any atom is 0.119 e. The summed E-state index contributed by atoms with van der Waals surface area (Å²) in [7, 11) is 0. The highest BCUT2D eigenvalue weighted by molar-refractivity contribution is 5.48. The zero-order valence-electron chi connectivity index (χ0n) is 12.2. The van der Waals surface area contributed by atoms with Crippen LogP contribution < -0.4 is 10.1 Å². The molecule has 0 amide bonds. The van der Waals surface area contributed by atoms with Crippen molar-refractivity contribution < 1.29 is 4.74 Å². The van der Waals surface area contributed by atoms with Crippen LogP contribution in [0.4, 0.5) is 0 Å². The molecule has 2 heteroatoms. The number of benzene rings is 2. The van der Waals surface area contributed by atoms with Gasteiger partial charge in [-0.3, -0.25) is 0 Å². The highest BCUT2D eigenvalue weighted by atomic mass is 16.5. The van der Waals surface area contributed by atoms with Crippen molar-refractivity contribution in [1.82, 2.24) is 5.32 Å². The standard InChI is InChI=1S/C19H21NO/c1-2-5-16(6-3-1)7-4-14-21-19-12-8-17(9-13-19)15-20-18-10-11-18/h1-9,12-13,18,20H,10-11,14-15H2. The van der Waals surface area contributed by atoms with Gasteiger partial charge < -0.3 is 10.1 Å². The van der Waals surface area contributed by atoms with Crippen molar-refractivity contribution in [3.63, 3.8) is 0 Å². The van der Waals surface area contributed by atoms with Crippen LogP contribution >= 0.6 is 0 Å². The quantitative estimate of drug-likeness (QED) is 0.826. The highest BCUT2D eigenvalue weighted by Gasteiger charge is 2.19. The Hall–Kier alpha value is -2.06. The molecule has 2 nitrogen and oxygen atoms in total. The molecule has 3 rings (SSSR count). The van der Waals surface area contributed by atoms with Gasteiger partial charge in [0.2, 0.25) is 0 Å². The summed E-state index contributed by atoms with van der Waals surface area (Å²) in [6.07, 6.45) is 6.77. The second-order valence-electron chi connectivity index (χ2n) is 5.42. The molecule has 1 saturated carbocycles. The first-order chi connectivity index (χ1) is 10.4. The summed E-state index contributed by atoms with van der Waals surface area (Å²) in [5, 5.41) is 3.51. The molecule has 2 aromatic rings. The summed E-state index contributed by atoms with van der Waals surface area (Å²) in [5.41, 5.74) is 2.51. The third-order valence-corrected chi connectivity index (χ3v) is 3.55. The Labute approximate surface area is 126 Å². The van der Waals surface area contributed by atoms with Crippen molar-refractivity contribution >= 4 is 6.08 Å². The summed E-state index contributed by atoms with van der Waals surface area (Å²) >= 11 is 0. The van der Waals surface area contributed by atoms with Gasteiger partial charge in [0.1, 0.15) is 12.4 Å². The van der Waals surface area contributed by atoms with E-state index in [1.807, 2.05) is 36.4 Å². The van der Waals surface area contributed by atoms with Crippen LogP contribution in [0, 0.1) is 0 Å². The van der Waals surface area contributed by atoms with Crippen molar-refractivity contribution in [2.24, 2.45) is 0 Å². The van der Waals surface area contributed by atoms with Gasteiger partial charge in [0, 0.05) is 12.6 Å². The Kier molecular flexibility index (Phi) is 4.70. The van der Waals surface area contributed by atoms with E-state index in [-0.39, 0.29) is 0 Å². The molecule has 0 atom stereocenters. The van der Waals surface area contributed by atoms with Gasteiger partial charge in [-0.25, -0.2) is 0 Å². The zero-order chi connectivity index (χ0) is 14.3. The van der Waals surface area contributed by atoms with Gasteiger partial charge in [-0.1, -0.05) is 48.5 Å². The van der Waals surface area contributed by atoms with Crippen molar-refractivity contribution in [2.75, 3.05) is 6.61 Å². The van der Waals surface area contributed by atoms with Crippen LogP contribution in [0.3, 0.4) is 0 Å². The average molecular weight is 279 g/mol. The lowest BCUT2D eigenvalue weighted by Gasteiger charge is -2.06. The second kappa shape index (κ2) is 7.09. The minimum Gasteiger partial charge on any atom is -0.490 e. The average Bonchev–Trinajstić information content (AvgIpc) is 3.36. The third kappa shape index (κ3) is 4.76. The van der Waals surface area contributed by atoms with Crippen molar-refractivity contribution in [1.29, 1.82) is 0 Å². The molecule has 21 heavy (non-hydrogen) atoms. The van der Waals surface area contributed by atoms with Gasteiger partial charge in [-0.15, -0.1) is 0 Å². The first-order valence-corrected chi connectivity index (χ1v) is 7.57. The summed E-state index contributed by atoms with van der Waals surface area (Å²) < 4.78 is 5.71. The van der Waals surface area contributed by atoms with E-state index >= 15 is 0 Å². The monoisotopic (exact) mass is 279 g/mol. The first kappa shape index (κ1) is 13.9. The van der Waals surface area contributed by atoms with Gasteiger partial charge in [0.15, 0.2) is 0 Å². The fourth-order valence-electron chi connectivity index (χ4n) is 2.15. The SMILES string of the molecule is C(=Cc1ccccc1)COc1ccc(CNC2CC2)cc1. The molecule has 1 N–H and O–H groups in total. The molecule has 0 saturated heterocycles. The van der Waals surface area contributed by atoms with Crippen LogP contribution in [0.1, 0.15) is 24.0 Å². The molecule has 108 valence electrons. The Morgan fingerprint density at radius 2 is 1.76 bits per heavy atom. The number of rotatable bonds is 7. The summed E-state index contributed by atoms with van der Waals surface area (Å²) in [4.78, 5) is 0. The van der Waals surface area contributed by atoms with Gasteiger partial charge in [0.05, 0.1) is 0 Å². The van der Waals surface area contributed by atoms with Crippen molar-refractivity contribution in [3.05, 3.63) is 71.8 Å². The second-order valence-corrected chi connectivity index (χ2v) is 5.42. The van der Waals surface area contributed by atoms with Crippen LogP contribution in [0.25, 0.3) is 6.08 Å². The molecule has 0 bridgehead atoms. The topological polar surface area (TPSA) is 21.3 Å². The molecule has 0 unspecified atom stereocenters. The molecule has 1 aliphatic carbocycles. The Bertz CT molecular complexity index is 570. The molecule has 2 aromatic carbocycles. The Morgan fingerprint density at radius 1 is 1.00 bits per heavy atom. The van der Waals surface area contributed by atoms with E-state index in [1.54, 1.807) is 0 Å². The van der Waals surface area contributed by atoms with Crippen LogP contribution in [0.2, 0.25) is 0 Å². The molecule has 0 aromatic heterocycles. The van der Waals surface area contributed by atoms with E-state index < -0.39 is 0 Å². The normalized spacial score (nSPS) is 14.5. The number of hydrogen-bond acceptors (Lipinski definition) is 2. The van der Waals surface area contributed by atoms with E-state index in [9.17, 15) is 0 Å². The first-order valence-electron chi connectivity index (χ1n) is 7.57. The number of ether oxygens (including phenoxy) is 1. The van der Waals surface area contributed by atoms with E-state index in [2.05, 4.69) is 35.7 Å². The highest BCUT2D eigenvalue weighted by Crippen LogP contribution is 2.20. The summed E-state index contributed by atoms with van der Waals surface area (Å²) in [6, 6.07) is 19.4. The lowest BCUT2D eigenvalue weighted by atomic mass is 10.2. The van der Waals surface area contributed by atoms with Crippen molar-refractivity contribution in [2.45, 2.75) is 25.4 Å². The summed E-state index contributed by atoms with van der Waals surface area (Å²) in [6.45, 7) is 1.55. The van der Waals surface area contributed by atoms with Crippen LogP contribution in [-0.2, 0) is 6.54 Å². The number of nitrogens with one attached hydrogen (secondary N) is 1. The van der Waals surface area contributed by atoms with E-state index in [0.717, 1.165) is 18.3 Å². The molecule has 0 aliphatic heterocycles. The zero-order valence-corrected chi connectivity index (χ0v) is 12.2. The van der Waals surface area contributed by atoms with E-state index in [4.69, 9.17) is 4.74 Å². The molecule has 1 fully saturated rings. The van der Waals surface area contributed by atoms with Gasteiger partial charge in [0.25, 0.3) is 0 Å². The molecular weight excluding hydrogens is 258 g/mol. The Morgan fingerprint density at radius 3 is 2.48 bits per heavy atom. The third-order valence-electron chi connectivity index (χ3n) is 3.55. The smallest absolute Gasteiger partial charge is 0.119 e. The lowest BCUT2D eigenvalue weighted by Crippen LogP contribution is -2.15. The van der Waals surface area contributed by atoms with Crippen molar-refractivity contribution in [3.8, 4) is 5.75 Å². The Balaban J connectivity index is 1.43. The summed E-state index contributed by atoms with van der Waals surface area (Å²) in [5.74, 6) is 0.919. The maximum atomic E-state index is 5.71. The predicted octanol–water partition coefficient (Wildman–Crippen LogP) is 4.03. The van der Waals surface area contributed by atoms with E-state index in [0.29, 0.717) is 6.61 Å². The molecule has 1 aliphatic rings. The molecular formula is C19H21NO. The molecule has 0 spiro atoms. The van der Waals surface area contributed by atoms with Gasteiger partial charge in [-0.2, -0.15) is 0 Å². The lowest BCUT2D eigenvalue weighted by molar-refractivity contribution is 0.363. The minimum atomic E-state index is 0.592. The van der Waals surface area contributed by atoms with Crippen LogP contribution in [-0.4, -0.2) is 12.6 Å². The minimum absolute atomic E-state index is 0.592. The fraction of sp³-hybridized carbons (Fsp3) is 0.263. The largest absolute Gasteiger partial charge is 0.490 e. The fourth-order valence-corrected chi connectivity index (χ4v) is 2.15. The maximum absolute atomic E-state index is 5.71. The predicted molar refractivity (Wildman–Crippen MR) is 87.3 cm³/mol. The molecule has 0 radical (unpaired) electrons.